The van der Waals surface area contributed by atoms with Gasteiger partial charge in [0.15, 0.2) is 0 Å². The first-order valence-corrected chi connectivity index (χ1v) is 16.8. The van der Waals surface area contributed by atoms with Crippen molar-refractivity contribution in [1.29, 1.82) is 0 Å². The van der Waals surface area contributed by atoms with Crippen LogP contribution in [0.3, 0.4) is 0 Å². The maximum atomic E-state index is 13.8. The van der Waals surface area contributed by atoms with Crippen LogP contribution in [0.1, 0.15) is 47.4 Å². The molecule has 7 rings (SSSR count). The molecule has 2 fully saturated rings. The molecule has 2 atom stereocenters. The fourth-order valence-electron chi connectivity index (χ4n) is 6.01. The average Bonchev–Trinajstić information content (AvgIpc) is 4.06. The number of epoxide rings is 2. The van der Waals surface area contributed by atoms with Crippen LogP contribution in [-0.4, -0.2) is 63.5 Å². The molecule has 2 amide bonds. The maximum Gasteiger partial charge on any atom is 0.258 e. The summed E-state index contributed by atoms with van der Waals surface area (Å²) in [7, 11) is 0. The highest BCUT2D eigenvalue weighted by atomic mass is 16.6. The largest absolute Gasteiger partial charge is 0.493 e. The highest BCUT2D eigenvalue weighted by Crippen LogP contribution is 2.29. The Morgan fingerprint density at radius 3 is 1.44 bits per heavy atom. The van der Waals surface area contributed by atoms with E-state index in [0.717, 1.165) is 70.5 Å². The van der Waals surface area contributed by atoms with Crippen LogP contribution in [0.4, 0.5) is 11.4 Å². The molecule has 0 radical (unpaired) electrons. The van der Waals surface area contributed by atoms with Gasteiger partial charge in [-0.15, -0.1) is 0 Å². The molecular formula is C40H40N2O6. The molecule has 0 spiro atoms. The minimum absolute atomic E-state index is 0.102. The number of anilines is 2. The molecule has 0 N–H and O–H groups in total. The van der Waals surface area contributed by atoms with Crippen LogP contribution >= 0.6 is 0 Å². The molecule has 2 heterocycles. The van der Waals surface area contributed by atoms with Gasteiger partial charge >= 0.3 is 0 Å². The lowest BCUT2D eigenvalue weighted by Crippen LogP contribution is -2.32. The number of carbonyl (C=O) groups is 2. The molecule has 5 aromatic carbocycles. The molecular weight excluding hydrogens is 604 g/mol. The van der Waals surface area contributed by atoms with Crippen molar-refractivity contribution in [3.8, 4) is 11.5 Å². The predicted molar refractivity (Wildman–Crippen MR) is 189 cm³/mol. The summed E-state index contributed by atoms with van der Waals surface area (Å²) in [4.78, 5) is 31.2. The summed E-state index contributed by atoms with van der Waals surface area (Å²) in [5.41, 5.74) is 2.65. The summed E-state index contributed by atoms with van der Waals surface area (Å²) in [6.45, 7) is 7.75. The quantitative estimate of drug-likeness (QED) is 0.115. The van der Waals surface area contributed by atoms with Gasteiger partial charge in [-0.1, -0.05) is 30.3 Å². The highest BCUT2D eigenvalue weighted by Gasteiger charge is 2.23. The number of carbonyl (C=O) groups excluding carboxylic acids is 2. The van der Waals surface area contributed by atoms with E-state index in [-0.39, 0.29) is 11.8 Å². The number of rotatable bonds is 14. The molecule has 8 heteroatoms. The number of fused-ring (bicyclic) bond motifs is 2. The van der Waals surface area contributed by atoms with E-state index in [9.17, 15) is 9.59 Å². The zero-order valence-corrected chi connectivity index (χ0v) is 27.4. The van der Waals surface area contributed by atoms with Crippen LogP contribution in [0, 0.1) is 0 Å². The van der Waals surface area contributed by atoms with Gasteiger partial charge in [-0.2, -0.15) is 0 Å². The molecule has 5 aromatic rings. The van der Waals surface area contributed by atoms with E-state index in [1.165, 1.54) is 0 Å². The van der Waals surface area contributed by atoms with E-state index in [1.807, 2.05) is 111 Å². The lowest BCUT2D eigenvalue weighted by atomic mass is 10.0. The van der Waals surface area contributed by atoms with Crippen molar-refractivity contribution in [3.05, 3.63) is 108 Å². The molecule has 2 saturated heterocycles. The third-order valence-electron chi connectivity index (χ3n) is 8.92. The Morgan fingerprint density at radius 2 is 1.02 bits per heavy atom. The minimum Gasteiger partial charge on any atom is -0.493 e. The lowest BCUT2D eigenvalue weighted by Gasteiger charge is -2.25. The van der Waals surface area contributed by atoms with Gasteiger partial charge in [0.25, 0.3) is 11.8 Å². The van der Waals surface area contributed by atoms with Crippen molar-refractivity contribution in [2.24, 2.45) is 0 Å². The topological polar surface area (TPSA) is 84.1 Å². The molecule has 8 nitrogen and oxygen atoms in total. The molecule has 246 valence electrons. The monoisotopic (exact) mass is 644 g/mol. The number of ether oxygens (including phenoxy) is 4. The van der Waals surface area contributed by atoms with Gasteiger partial charge in [-0.3, -0.25) is 9.59 Å². The van der Waals surface area contributed by atoms with Crippen molar-refractivity contribution in [2.75, 3.05) is 49.3 Å². The van der Waals surface area contributed by atoms with E-state index in [4.69, 9.17) is 18.9 Å². The van der Waals surface area contributed by atoms with Gasteiger partial charge in [0.2, 0.25) is 0 Å². The minimum atomic E-state index is -0.102. The van der Waals surface area contributed by atoms with Gasteiger partial charge in [-0.25, -0.2) is 0 Å². The van der Waals surface area contributed by atoms with E-state index >= 15 is 0 Å². The third-order valence-corrected chi connectivity index (χ3v) is 8.92. The fraction of sp³-hybridized carbons (Fsp3) is 0.300. The Hall–Kier alpha value is -4.92. The number of benzene rings is 5. The Balaban J connectivity index is 1.05. The summed E-state index contributed by atoms with van der Waals surface area (Å²) in [6, 6.07) is 31.0. The number of amides is 2. The molecule has 2 aliphatic rings. The summed E-state index contributed by atoms with van der Waals surface area (Å²) in [5, 5.41) is 3.95. The van der Waals surface area contributed by atoms with E-state index in [1.54, 1.807) is 9.80 Å². The van der Waals surface area contributed by atoms with Crippen LogP contribution in [0.25, 0.3) is 21.5 Å². The number of hydrogen-bond donors (Lipinski definition) is 0. The van der Waals surface area contributed by atoms with Gasteiger partial charge in [0, 0.05) is 48.4 Å². The van der Waals surface area contributed by atoms with Gasteiger partial charge < -0.3 is 28.7 Å². The summed E-state index contributed by atoms with van der Waals surface area (Å²) >= 11 is 0. The van der Waals surface area contributed by atoms with Crippen molar-refractivity contribution >= 4 is 44.7 Å². The van der Waals surface area contributed by atoms with Crippen LogP contribution < -0.4 is 19.3 Å². The Bertz CT molecular complexity index is 1810. The van der Waals surface area contributed by atoms with Crippen molar-refractivity contribution in [2.45, 2.75) is 38.9 Å². The van der Waals surface area contributed by atoms with Crippen molar-refractivity contribution in [3.63, 3.8) is 0 Å². The summed E-state index contributed by atoms with van der Waals surface area (Å²) in [6.07, 6.45) is 2.46. The lowest BCUT2D eigenvalue weighted by molar-refractivity contribution is 0.0982. The first kappa shape index (κ1) is 31.7. The SMILES string of the molecule is CCN(C(=O)c1ccc2cc(OCCC3CO3)ccc2c1)c1cccc(N(CC)C(=O)c2ccc3cc(OCCC4CO4)ccc3c2)c1. The summed E-state index contributed by atoms with van der Waals surface area (Å²) < 4.78 is 22.3. The molecule has 2 aliphatic heterocycles. The highest BCUT2D eigenvalue weighted by molar-refractivity contribution is 6.10. The second-order valence-electron chi connectivity index (χ2n) is 12.3. The van der Waals surface area contributed by atoms with Crippen LogP contribution in [-0.2, 0) is 9.47 Å². The standard InChI is InChI=1S/C40H40N2O6/c1-3-41(39(43)31-10-8-29-22-35(14-12-27(29)20-31)45-18-16-37-25-47-37)33-6-5-7-34(24-33)42(4-2)40(44)32-11-9-30-23-36(15-13-28(30)21-32)46-19-17-38-26-48-38/h5-15,20-24,37-38H,3-4,16-19,25-26H2,1-2H3. The zero-order valence-electron chi connectivity index (χ0n) is 27.4. The van der Waals surface area contributed by atoms with Crippen LogP contribution in [0.15, 0.2) is 97.1 Å². The first-order valence-electron chi connectivity index (χ1n) is 16.8. The number of hydrogen-bond acceptors (Lipinski definition) is 6. The zero-order chi connectivity index (χ0) is 33.0. The molecule has 0 saturated carbocycles. The van der Waals surface area contributed by atoms with Crippen LogP contribution in [0.2, 0.25) is 0 Å². The molecule has 48 heavy (non-hydrogen) atoms. The average molecular weight is 645 g/mol. The van der Waals surface area contributed by atoms with Crippen LogP contribution in [0.5, 0.6) is 11.5 Å². The predicted octanol–water partition coefficient (Wildman–Crippen LogP) is 7.66. The first-order chi connectivity index (χ1) is 23.5. The Morgan fingerprint density at radius 1 is 0.604 bits per heavy atom. The van der Waals surface area contributed by atoms with Gasteiger partial charge in [0.1, 0.15) is 11.5 Å². The second kappa shape index (κ2) is 14.1. The van der Waals surface area contributed by atoms with E-state index in [0.29, 0.717) is 49.6 Å². The normalized spacial score (nSPS) is 16.5. The molecule has 0 aliphatic carbocycles. The fourth-order valence-corrected chi connectivity index (χ4v) is 6.01. The van der Waals surface area contributed by atoms with Gasteiger partial charge in [0.05, 0.1) is 38.6 Å². The smallest absolute Gasteiger partial charge is 0.258 e. The van der Waals surface area contributed by atoms with E-state index in [2.05, 4.69) is 0 Å². The van der Waals surface area contributed by atoms with E-state index < -0.39 is 0 Å². The van der Waals surface area contributed by atoms with Crippen molar-refractivity contribution in [1.82, 2.24) is 0 Å². The molecule has 0 aromatic heterocycles. The maximum absolute atomic E-state index is 13.8. The van der Waals surface area contributed by atoms with Gasteiger partial charge in [-0.05, 0) is 102 Å². The number of nitrogens with zero attached hydrogens (tertiary/aromatic N) is 2. The molecule has 0 bridgehead atoms. The van der Waals surface area contributed by atoms with Crippen molar-refractivity contribution < 1.29 is 28.5 Å². The molecule has 2 unspecified atom stereocenters. The Labute approximate surface area is 280 Å². The Kier molecular flexibility index (Phi) is 9.27. The second-order valence-corrected chi connectivity index (χ2v) is 12.3. The summed E-state index contributed by atoms with van der Waals surface area (Å²) in [5.74, 6) is 1.41. The third kappa shape index (κ3) is 7.30.